The summed E-state index contributed by atoms with van der Waals surface area (Å²) in [6, 6.07) is 2.11. The molecule has 0 fully saturated rings. The van der Waals surface area contributed by atoms with Crippen LogP contribution in [0.4, 0.5) is 0 Å². The lowest BCUT2D eigenvalue weighted by Gasteiger charge is -1.77. The van der Waals surface area contributed by atoms with Gasteiger partial charge in [-0.25, -0.2) is 0 Å². The van der Waals surface area contributed by atoms with Crippen LogP contribution in [0.5, 0.6) is 0 Å². The Morgan fingerprint density at radius 2 is 2.62 bits per heavy atom. The molecule has 1 aromatic rings. The van der Waals surface area contributed by atoms with Gasteiger partial charge >= 0.3 is 0 Å². The Kier molecular flexibility index (Phi) is 0.758. The molecular weight excluding hydrogens is 118 g/mol. The van der Waals surface area contributed by atoms with E-state index < -0.39 is 0 Å². The van der Waals surface area contributed by atoms with E-state index in [1.165, 1.54) is 10.4 Å². The van der Waals surface area contributed by atoms with Gasteiger partial charge in [-0.05, 0) is 11.4 Å². The van der Waals surface area contributed by atoms with Gasteiger partial charge in [-0.15, -0.1) is 11.3 Å². The van der Waals surface area contributed by atoms with Crippen LogP contribution in [-0.4, -0.2) is 6.21 Å². The Bertz CT molecular complexity index is 224. The molecule has 0 atom stereocenters. The fourth-order valence-corrected chi connectivity index (χ4v) is 1.61. The van der Waals surface area contributed by atoms with Gasteiger partial charge < -0.3 is 0 Å². The van der Waals surface area contributed by atoms with Crippen LogP contribution >= 0.6 is 11.3 Å². The van der Waals surface area contributed by atoms with Crippen LogP contribution in [0.1, 0.15) is 10.4 Å². The first-order chi connectivity index (χ1) is 3.97. The molecule has 0 aromatic carbocycles. The maximum atomic E-state index is 4.10. The number of thiophene rings is 1. The molecule has 2 heterocycles. The third-order valence-corrected chi connectivity index (χ3v) is 2.17. The van der Waals surface area contributed by atoms with E-state index in [-0.39, 0.29) is 0 Å². The third kappa shape index (κ3) is 0.434. The molecule has 1 aromatic heterocycles. The van der Waals surface area contributed by atoms with Crippen molar-refractivity contribution in [3.8, 4) is 0 Å². The average molecular weight is 123 g/mol. The van der Waals surface area contributed by atoms with Gasteiger partial charge in [0.1, 0.15) is 0 Å². The van der Waals surface area contributed by atoms with E-state index in [4.69, 9.17) is 0 Å². The van der Waals surface area contributed by atoms with E-state index in [0.29, 0.717) is 0 Å². The molecule has 1 aliphatic rings. The molecule has 2 rings (SSSR count). The van der Waals surface area contributed by atoms with Gasteiger partial charge in [0.25, 0.3) is 0 Å². The summed E-state index contributed by atoms with van der Waals surface area (Å²) in [4.78, 5) is 5.50. The highest BCUT2D eigenvalue weighted by atomic mass is 32.1. The summed E-state index contributed by atoms with van der Waals surface area (Å²) in [7, 11) is 0. The molecule has 0 radical (unpaired) electrons. The minimum absolute atomic E-state index is 0.910. The van der Waals surface area contributed by atoms with Gasteiger partial charge in [0.15, 0.2) is 0 Å². The van der Waals surface area contributed by atoms with Crippen LogP contribution in [0.2, 0.25) is 0 Å². The predicted molar refractivity (Wildman–Crippen MR) is 35.6 cm³/mol. The molecule has 0 saturated heterocycles. The van der Waals surface area contributed by atoms with Crippen molar-refractivity contribution in [2.75, 3.05) is 0 Å². The van der Waals surface area contributed by atoms with Gasteiger partial charge in [-0.3, -0.25) is 4.99 Å². The Labute approximate surface area is 51.7 Å². The van der Waals surface area contributed by atoms with Crippen molar-refractivity contribution in [3.63, 3.8) is 0 Å². The number of rotatable bonds is 0. The van der Waals surface area contributed by atoms with Crippen LogP contribution in [0.15, 0.2) is 16.4 Å². The number of aliphatic imine (C=N–C) groups is 1. The highest BCUT2D eigenvalue weighted by Gasteiger charge is 2.04. The Morgan fingerprint density at radius 1 is 1.62 bits per heavy atom. The smallest absolute Gasteiger partial charge is 0.0739 e. The topological polar surface area (TPSA) is 12.4 Å². The van der Waals surface area contributed by atoms with Crippen molar-refractivity contribution >= 4 is 17.6 Å². The summed E-state index contributed by atoms with van der Waals surface area (Å²) in [5.41, 5.74) is 1.31. The van der Waals surface area contributed by atoms with E-state index in [9.17, 15) is 0 Å². The van der Waals surface area contributed by atoms with Gasteiger partial charge in [0.05, 0.1) is 6.54 Å². The molecule has 0 unspecified atom stereocenters. The quantitative estimate of drug-likeness (QED) is 0.497. The highest BCUT2D eigenvalue weighted by molar-refractivity contribution is 7.10. The van der Waals surface area contributed by atoms with Crippen molar-refractivity contribution in [3.05, 3.63) is 21.9 Å². The second-order valence-corrected chi connectivity index (χ2v) is 2.77. The van der Waals surface area contributed by atoms with E-state index >= 15 is 0 Å². The van der Waals surface area contributed by atoms with Gasteiger partial charge in [0, 0.05) is 16.7 Å². The number of hydrogen-bond donors (Lipinski definition) is 0. The first-order valence-electron chi connectivity index (χ1n) is 2.53. The number of nitrogens with zero attached hydrogens (tertiary/aromatic N) is 1. The molecule has 1 aliphatic heterocycles. The molecule has 1 nitrogen and oxygen atoms in total. The first kappa shape index (κ1) is 4.27. The summed E-state index contributed by atoms with van der Waals surface area (Å²) in [6.07, 6.45) is 1.94. The van der Waals surface area contributed by atoms with Crippen LogP contribution in [-0.2, 0) is 6.54 Å². The zero-order chi connectivity index (χ0) is 5.40. The second kappa shape index (κ2) is 1.42. The second-order valence-electron chi connectivity index (χ2n) is 1.77. The lowest BCUT2D eigenvalue weighted by molar-refractivity contribution is 1.15. The SMILES string of the molecule is C1=NCc2sccc21. The molecule has 0 N–H and O–H groups in total. The maximum Gasteiger partial charge on any atom is 0.0739 e. The Hall–Kier alpha value is -0.630. The fraction of sp³-hybridized carbons (Fsp3) is 0.167. The third-order valence-electron chi connectivity index (χ3n) is 1.25. The van der Waals surface area contributed by atoms with Gasteiger partial charge in [-0.1, -0.05) is 0 Å². The van der Waals surface area contributed by atoms with E-state index in [0.717, 1.165) is 6.54 Å². The minimum Gasteiger partial charge on any atom is -0.287 e. The van der Waals surface area contributed by atoms with Crippen molar-refractivity contribution in [2.24, 2.45) is 4.99 Å². The number of fused-ring (bicyclic) bond motifs is 1. The monoisotopic (exact) mass is 123 g/mol. The van der Waals surface area contributed by atoms with Crippen LogP contribution in [0.25, 0.3) is 0 Å². The molecule has 0 spiro atoms. The van der Waals surface area contributed by atoms with Gasteiger partial charge in [0.2, 0.25) is 0 Å². The van der Waals surface area contributed by atoms with Crippen LogP contribution in [0, 0.1) is 0 Å². The summed E-state index contributed by atoms with van der Waals surface area (Å²) >= 11 is 1.79. The molecule has 0 saturated carbocycles. The van der Waals surface area contributed by atoms with Crippen molar-refractivity contribution in [1.82, 2.24) is 0 Å². The number of hydrogen-bond acceptors (Lipinski definition) is 2. The standard InChI is InChI=1S/C6H5NS/c1-2-8-6-4-7-3-5(1)6/h1-3H,4H2. The van der Waals surface area contributed by atoms with Crippen LogP contribution in [0.3, 0.4) is 0 Å². The predicted octanol–water partition coefficient (Wildman–Crippen LogP) is 1.68. The fourth-order valence-electron chi connectivity index (χ4n) is 0.821. The molecule has 8 heavy (non-hydrogen) atoms. The largest absolute Gasteiger partial charge is 0.287 e. The van der Waals surface area contributed by atoms with E-state index in [1.54, 1.807) is 11.3 Å². The molecule has 2 heteroatoms. The molecule has 0 aliphatic carbocycles. The van der Waals surface area contributed by atoms with Crippen molar-refractivity contribution in [2.45, 2.75) is 6.54 Å². The zero-order valence-electron chi connectivity index (χ0n) is 4.29. The Balaban J connectivity index is 2.67. The lowest BCUT2D eigenvalue weighted by Crippen LogP contribution is -1.68. The maximum absolute atomic E-state index is 4.10. The summed E-state index contributed by atoms with van der Waals surface area (Å²) in [5.74, 6) is 0. The molecule has 0 amide bonds. The summed E-state index contributed by atoms with van der Waals surface area (Å²) in [6.45, 7) is 0.910. The zero-order valence-corrected chi connectivity index (χ0v) is 5.11. The van der Waals surface area contributed by atoms with Crippen molar-refractivity contribution in [1.29, 1.82) is 0 Å². The summed E-state index contributed by atoms with van der Waals surface area (Å²) < 4.78 is 0. The highest BCUT2D eigenvalue weighted by Crippen LogP contribution is 2.19. The minimum atomic E-state index is 0.910. The van der Waals surface area contributed by atoms with Crippen LogP contribution < -0.4 is 0 Å². The van der Waals surface area contributed by atoms with E-state index in [2.05, 4.69) is 16.4 Å². The first-order valence-corrected chi connectivity index (χ1v) is 3.41. The molecule has 0 bridgehead atoms. The average Bonchev–Trinajstić information content (AvgIpc) is 2.15. The van der Waals surface area contributed by atoms with E-state index in [1.807, 2.05) is 6.21 Å². The Morgan fingerprint density at radius 3 is 3.50 bits per heavy atom. The molecule has 40 valence electrons. The van der Waals surface area contributed by atoms with Gasteiger partial charge in [-0.2, -0.15) is 0 Å². The van der Waals surface area contributed by atoms with Crippen molar-refractivity contribution < 1.29 is 0 Å². The molecular formula is C6H5NS. The lowest BCUT2D eigenvalue weighted by atomic mass is 10.3. The summed E-state index contributed by atoms with van der Waals surface area (Å²) in [5, 5.41) is 2.11. The normalized spacial score (nSPS) is 14.5.